The summed E-state index contributed by atoms with van der Waals surface area (Å²) >= 11 is 3.88. The van der Waals surface area contributed by atoms with E-state index in [0.29, 0.717) is 55.2 Å². The lowest BCUT2D eigenvalue weighted by Crippen LogP contribution is -2.41. The first-order valence-corrected chi connectivity index (χ1v) is 16.3. The molecular formula is C31H27BrF12N2O3S. The highest BCUT2D eigenvalue weighted by Crippen LogP contribution is 2.40. The van der Waals surface area contributed by atoms with Crippen molar-refractivity contribution in [1.82, 2.24) is 9.88 Å². The van der Waals surface area contributed by atoms with Crippen molar-refractivity contribution in [3.05, 3.63) is 74.6 Å². The van der Waals surface area contributed by atoms with Crippen molar-refractivity contribution < 1.29 is 67.0 Å². The average molecular weight is 816 g/mol. The van der Waals surface area contributed by atoms with Gasteiger partial charge in [0, 0.05) is 35.5 Å². The molecule has 19 heteroatoms. The van der Waals surface area contributed by atoms with Crippen LogP contribution in [0.15, 0.2) is 41.8 Å². The molecule has 3 aromatic rings. The molecular weight excluding hydrogens is 788 g/mol. The van der Waals surface area contributed by atoms with E-state index in [9.17, 15) is 62.3 Å². The van der Waals surface area contributed by atoms with Gasteiger partial charge in [0.25, 0.3) is 0 Å². The van der Waals surface area contributed by atoms with E-state index >= 15 is 0 Å². The molecule has 0 radical (unpaired) electrons. The zero-order chi connectivity index (χ0) is 38.0. The molecule has 1 fully saturated rings. The van der Waals surface area contributed by atoms with E-state index in [2.05, 4.69) is 20.9 Å². The molecule has 0 unspecified atom stereocenters. The van der Waals surface area contributed by atoms with E-state index in [0.717, 1.165) is 0 Å². The minimum absolute atomic E-state index is 0.0228. The first-order chi connectivity index (χ1) is 22.7. The monoisotopic (exact) mass is 814 g/mol. The van der Waals surface area contributed by atoms with Gasteiger partial charge in [-0.25, -0.2) is 9.78 Å². The summed E-state index contributed by atoms with van der Waals surface area (Å²) in [6.07, 6.45) is -19.0. The van der Waals surface area contributed by atoms with Crippen LogP contribution in [0.4, 0.5) is 57.5 Å². The van der Waals surface area contributed by atoms with Gasteiger partial charge in [-0.1, -0.05) is 15.9 Å². The van der Waals surface area contributed by atoms with Crippen molar-refractivity contribution >= 4 is 39.1 Å². The third-order valence-corrected chi connectivity index (χ3v) is 8.45. The summed E-state index contributed by atoms with van der Waals surface area (Å²) in [6, 6.07) is 2.24. The van der Waals surface area contributed by atoms with Crippen LogP contribution in [0.2, 0.25) is 0 Å². The zero-order valence-electron chi connectivity index (χ0n) is 26.1. The molecule has 1 saturated heterocycles. The molecule has 1 aliphatic rings. The summed E-state index contributed by atoms with van der Waals surface area (Å²) in [7, 11) is 0. The van der Waals surface area contributed by atoms with Gasteiger partial charge in [-0.05, 0) is 70.0 Å². The van der Waals surface area contributed by atoms with E-state index in [-0.39, 0.29) is 34.6 Å². The van der Waals surface area contributed by atoms with Crippen molar-refractivity contribution in [2.45, 2.75) is 69.8 Å². The molecule has 0 atom stereocenters. The van der Waals surface area contributed by atoms with Crippen LogP contribution in [0.5, 0.6) is 0 Å². The summed E-state index contributed by atoms with van der Waals surface area (Å²) in [4.78, 5) is 29.3. The Balaban J connectivity index is 0.000000319. The maximum absolute atomic E-state index is 13.1. The number of ketones is 1. The summed E-state index contributed by atoms with van der Waals surface area (Å²) in [5.74, 6) is -0.896. The molecule has 1 amide bonds. The Morgan fingerprint density at radius 3 is 1.56 bits per heavy atom. The second-order valence-electron chi connectivity index (χ2n) is 12.0. The quantitative estimate of drug-likeness (QED) is 0.150. The SMILES string of the molecule is CC(C)(C)OC(=O)N1CCC(c2nc(-c3cc(C(F)(F)F)cc(C(F)(F)F)c3)cs2)CC1.O=C(CBr)c1cc(C(F)(F)F)cc(C(F)(F)F)c1. The number of alkyl halides is 13. The molecule has 50 heavy (non-hydrogen) atoms. The highest BCUT2D eigenvalue weighted by molar-refractivity contribution is 9.09. The van der Waals surface area contributed by atoms with Crippen molar-refractivity contribution in [1.29, 1.82) is 0 Å². The highest BCUT2D eigenvalue weighted by atomic mass is 79.9. The van der Waals surface area contributed by atoms with Gasteiger partial charge in [-0.2, -0.15) is 52.7 Å². The standard InChI is InChI=1S/C21H22F6N2O2S.C10H5BrF6O/c1-19(2,3)31-18(30)29-6-4-12(5-7-29)17-28-16(11-32-17)13-8-14(20(22,23)24)10-15(9-13)21(25,26)27;11-4-8(18)5-1-6(9(12,13)14)3-7(2-5)10(15,16)17/h8-12H,4-7H2,1-3H3;1-3H,4H2. The number of carbonyl (C=O) groups is 2. The van der Waals surface area contributed by atoms with Crippen LogP contribution >= 0.6 is 27.3 Å². The van der Waals surface area contributed by atoms with Gasteiger partial charge in [0.2, 0.25) is 0 Å². The number of piperidine rings is 1. The molecule has 0 N–H and O–H groups in total. The number of hydrogen-bond acceptors (Lipinski definition) is 5. The fourth-order valence-corrected chi connectivity index (χ4v) is 5.86. The number of benzene rings is 2. The second-order valence-corrected chi connectivity index (χ2v) is 13.4. The third-order valence-electron chi connectivity index (χ3n) is 6.93. The maximum atomic E-state index is 13.1. The molecule has 0 bridgehead atoms. The Hall–Kier alpha value is -3.35. The van der Waals surface area contributed by atoms with Gasteiger partial charge >= 0.3 is 30.8 Å². The van der Waals surface area contributed by atoms with Crippen LogP contribution in [0.25, 0.3) is 11.3 Å². The van der Waals surface area contributed by atoms with E-state index in [1.807, 2.05) is 0 Å². The Morgan fingerprint density at radius 1 is 0.760 bits per heavy atom. The zero-order valence-corrected chi connectivity index (χ0v) is 28.5. The number of ether oxygens (including phenoxy) is 1. The average Bonchev–Trinajstić information content (AvgIpc) is 3.49. The summed E-state index contributed by atoms with van der Waals surface area (Å²) in [6.45, 7) is 6.17. The van der Waals surface area contributed by atoms with Crippen molar-refractivity contribution in [2.75, 3.05) is 18.4 Å². The largest absolute Gasteiger partial charge is 0.444 e. The number of thiazole rings is 1. The molecule has 2 aromatic carbocycles. The molecule has 5 nitrogen and oxygen atoms in total. The maximum Gasteiger partial charge on any atom is 0.416 e. The van der Waals surface area contributed by atoms with Crippen LogP contribution in [-0.4, -0.2) is 45.8 Å². The Kier molecular flexibility index (Phi) is 12.4. The normalized spacial score (nSPS) is 15.0. The van der Waals surface area contributed by atoms with Crippen LogP contribution in [0, 0.1) is 0 Å². The van der Waals surface area contributed by atoms with Gasteiger partial charge in [-0.3, -0.25) is 4.79 Å². The van der Waals surface area contributed by atoms with Crippen molar-refractivity contribution in [3.8, 4) is 11.3 Å². The predicted octanol–water partition coefficient (Wildman–Crippen LogP) is 11.3. The van der Waals surface area contributed by atoms with Crippen LogP contribution in [0.3, 0.4) is 0 Å². The molecule has 2 heterocycles. The van der Waals surface area contributed by atoms with Gasteiger partial charge in [-0.15, -0.1) is 11.3 Å². The molecule has 1 aromatic heterocycles. The number of Topliss-reactive ketones (excluding diaryl/α,β-unsaturated/α-hetero) is 1. The van der Waals surface area contributed by atoms with Crippen LogP contribution < -0.4 is 0 Å². The number of likely N-dealkylation sites (tertiary alicyclic amines) is 1. The number of halogens is 13. The summed E-state index contributed by atoms with van der Waals surface area (Å²) in [5.41, 5.74) is -7.15. The fourth-order valence-electron chi connectivity index (χ4n) is 4.54. The molecule has 0 aliphatic carbocycles. The number of rotatable bonds is 4. The summed E-state index contributed by atoms with van der Waals surface area (Å²) < 4.78 is 159. The van der Waals surface area contributed by atoms with E-state index < -0.39 is 70.0 Å². The van der Waals surface area contributed by atoms with E-state index in [1.165, 1.54) is 16.7 Å². The number of nitrogens with zero attached hydrogens (tertiary/aromatic N) is 2. The molecule has 276 valence electrons. The van der Waals surface area contributed by atoms with Crippen molar-refractivity contribution in [2.24, 2.45) is 0 Å². The Labute approximate surface area is 289 Å². The minimum atomic E-state index is -4.94. The number of hydrogen-bond donors (Lipinski definition) is 0. The molecule has 0 spiro atoms. The topological polar surface area (TPSA) is 59.5 Å². The third kappa shape index (κ3) is 11.3. The lowest BCUT2D eigenvalue weighted by Gasteiger charge is -2.32. The highest BCUT2D eigenvalue weighted by Gasteiger charge is 2.39. The Morgan fingerprint density at radius 2 is 1.18 bits per heavy atom. The first-order valence-electron chi connectivity index (χ1n) is 14.3. The van der Waals surface area contributed by atoms with Gasteiger partial charge < -0.3 is 9.64 Å². The molecule has 0 saturated carbocycles. The van der Waals surface area contributed by atoms with E-state index in [1.54, 1.807) is 25.7 Å². The van der Waals surface area contributed by atoms with Crippen molar-refractivity contribution in [3.63, 3.8) is 0 Å². The number of amides is 1. The lowest BCUT2D eigenvalue weighted by atomic mass is 9.97. The predicted molar refractivity (Wildman–Crippen MR) is 162 cm³/mol. The first kappa shape index (κ1) is 41.1. The minimum Gasteiger partial charge on any atom is -0.444 e. The van der Waals surface area contributed by atoms with Crippen LogP contribution in [0.1, 0.15) is 77.2 Å². The van der Waals surface area contributed by atoms with E-state index in [4.69, 9.17) is 4.74 Å². The smallest absolute Gasteiger partial charge is 0.416 e. The Bertz CT molecular complexity index is 1600. The van der Waals surface area contributed by atoms with Gasteiger partial charge in [0.05, 0.1) is 38.3 Å². The van der Waals surface area contributed by atoms with Crippen LogP contribution in [-0.2, 0) is 29.4 Å². The molecule has 4 rings (SSSR count). The summed E-state index contributed by atoms with van der Waals surface area (Å²) in [5, 5.41) is 1.73. The lowest BCUT2D eigenvalue weighted by molar-refractivity contribution is -0.144. The number of carbonyl (C=O) groups excluding carboxylic acids is 2. The van der Waals surface area contributed by atoms with Gasteiger partial charge in [0.1, 0.15) is 5.60 Å². The molecule has 1 aliphatic heterocycles. The van der Waals surface area contributed by atoms with Gasteiger partial charge in [0.15, 0.2) is 5.78 Å². The fraction of sp³-hybridized carbons (Fsp3) is 0.452. The number of aromatic nitrogens is 1. The second kappa shape index (κ2) is 15.1.